The number of Topliss-reactive ketones (excluding diaryl/α,β-unsaturated/α-hetero) is 1. The molecule has 4 saturated carbocycles. The van der Waals surface area contributed by atoms with E-state index in [2.05, 4.69) is 87.5 Å². The first-order valence-electron chi connectivity index (χ1n) is 15.4. The SMILES string of the molecule is C[C@H](CC=C(c1ccccc1)c1ccccc1)[C@@H]1C[C@H]2[C@@H]3CC[C@@H]4C[C@H]5CC[C@]4(C)[C@@]3(O5)C(=O)C[C@]2(C)C1. The van der Waals surface area contributed by atoms with Crippen molar-refractivity contribution in [2.75, 3.05) is 0 Å². The van der Waals surface area contributed by atoms with Gasteiger partial charge in [-0.25, -0.2) is 0 Å². The number of carbonyl (C=O) groups is 1. The first-order chi connectivity index (χ1) is 18.3. The van der Waals surface area contributed by atoms with E-state index < -0.39 is 5.60 Å². The summed E-state index contributed by atoms with van der Waals surface area (Å²) in [6.45, 7) is 7.36. The van der Waals surface area contributed by atoms with Crippen LogP contribution in [0.25, 0.3) is 5.57 Å². The Kier molecular flexibility index (Phi) is 5.82. The predicted molar refractivity (Wildman–Crippen MR) is 153 cm³/mol. The van der Waals surface area contributed by atoms with Crippen molar-refractivity contribution in [2.45, 2.75) is 90.3 Å². The van der Waals surface area contributed by atoms with Crippen LogP contribution >= 0.6 is 0 Å². The number of rotatable bonds is 5. The molecule has 2 saturated heterocycles. The third-order valence-corrected chi connectivity index (χ3v) is 12.3. The molecule has 2 aliphatic heterocycles. The standard InChI is InChI=1S/C36H44O2/c1-24(14-16-30(25-10-6-4-7-11-25)26-12-8-5-9-13-26)27-20-32-31-17-15-28-21-29-18-19-35(28,3)36(31,38-29)33(37)23-34(32,2)22-27/h4-13,16,24,27-29,31-32H,14-15,17-23H2,1-3H3/t24-,27-,28-,29-,31+,32+,34+,35+,36+/m1/s1. The highest BCUT2D eigenvalue weighted by molar-refractivity contribution is 5.91. The van der Waals surface area contributed by atoms with Crippen LogP contribution in [0.5, 0.6) is 0 Å². The fraction of sp³-hybridized carbons (Fsp3) is 0.583. The molecule has 0 unspecified atom stereocenters. The molecule has 1 spiro atoms. The lowest BCUT2D eigenvalue weighted by molar-refractivity contribution is -0.306. The van der Waals surface area contributed by atoms with Gasteiger partial charge in [-0.2, -0.15) is 0 Å². The number of ether oxygens (including phenoxy) is 1. The molecule has 2 nitrogen and oxygen atoms in total. The summed E-state index contributed by atoms with van der Waals surface area (Å²) in [6, 6.07) is 21.7. The van der Waals surface area contributed by atoms with Crippen molar-refractivity contribution in [3.05, 3.63) is 77.9 Å². The molecule has 0 N–H and O–H groups in total. The molecule has 2 aromatic rings. The Hall–Kier alpha value is -2.19. The van der Waals surface area contributed by atoms with Crippen LogP contribution in [0.4, 0.5) is 0 Å². The molecule has 2 aromatic carbocycles. The van der Waals surface area contributed by atoms with E-state index >= 15 is 0 Å². The molecule has 2 heteroatoms. The molecule has 2 heterocycles. The zero-order chi connectivity index (χ0) is 26.1. The number of hydrogen-bond acceptors (Lipinski definition) is 2. The topological polar surface area (TPSA) is 26.3 Å². The lowest BCUT2D eigenvalue weighted by atomic mass is 9.41. The maximum atomic E-state index is 14.2. The van der Waals surface area contributed by atoms with Crippen LogP contribution < -0.4 is 0 Å². The minimum Gasteiger partial charge on any atom is -0.363 e. The monoisotopic (exact) mass is 508 g/mol. The van der Waals surface area contributed by atoms with Crippen molar-refractivity contribution in [1.82, 2.24) is 0 Å². The smallest absolute Gasteiger partial charge is 0.166 e. The van der Waals surface area contributed by atoms with Gasteiger partial charge in [0.25, 0.3) is 0 Å². The van der Waals surface area contributed by atoms with Gasteiger partial charge in [-0.15, -0.1) is 0 Å². The van der Waals surface area contributed by atoms with Crippen molar-refractivity contribution >= 4 is 11.4 Å². The van der Waals surface area contributed by atoms with Crippen LogP contribution in [0.1, 0.15) is 89.7 Å². The van der Waals surface area contributed by atoms with Crippen LogP contribution in [0.3, 0.4) is 0 Å². The molecule has 4 bridgehead atoms. The molecule has 38 heavy (non-hydrogen) atoms. The fourth-order valence-corrected chi connectivity index (χ4v) is 10.3. The van der Waals surface area contributed by atoms with Crippen LogP contribution in [0.2, 0.25) is 0 Å². The first-order valence-corrected chi connectivity index (χ1v) is 15.4. The van der Waals surface area contributed by atoms with Gasteiger partial charge in [0.05, 0.1) is 6.10 Å². The summed E-state index contributed by atoms with van der Waals surface area (Å²) in [4.78, 5) is 14.2. The van der Waals surface area contributed by atoms with E-state index in [0.717, 1.165) is 19.3 Å². The van der Waals surface area contributed by atoms with Gasteiger partial charge in [-0.3, -0.25) is 4.79 Å². The van der Waals surface area contributed by atoms with Crippen LogP contribution in [-0.4, -0.2) is 17.5 Å². The van der Waals surface area contributed by atoms with Gasteiger partial charge in [-0.1, -0.05) is 87.5 Å². The maximum absolute atomic E-state index is 14.2. The maximum Gasteiger partial charge on any atom is 0.166 e. The third kappa shape index (κ3) is 3.51. The third-order valence-electron chi connectivity index (χ3n) is 12.3. The largest absolute Gasteiger partial charge is 0.363 e. The van der Waals surface area contributed by atoms with Crippen molar-refractivity contribution in [3.63, 3.8) is 0 Å². The Morgan fingerprint density at radius 3 is 2.32 bits per heavy atom. The van der Waals surface area contributed by atoms with Gasteiger partial charge in [0, 0.05) is 11.8 Å². The lowest BCUT2D eigenvalue weighted by Gasteiger charge is -2.70. The Bertz CT molecular complexity index is 1190. The molecule has 0 aromatic heterocycles. The van der Waals surface area contributed by atoms with Gasteiger partial charge in [0.15, 0.2) is 5.78 Å². The van der Waals surface area contributed by atoms with Gasteiger partial charge in [-0.05, 0) is 103 Å². The van der Waals surface area contributed by atoms with E-state index in [-0.39, 0.29) is 10.8 Å². The van der Waals surface area contributed by atoms with E-state index in [0.29, 0.717) is 41.5 Å². The summed E-state index contributed by atoms with van der Waals surface area (Å²) in [5.41, 5.74) is 3.65. The second kappa shape index (κ2) is 8.91. The summed E-state index contributed by atoms with van der Waals surface area (Å²) in [5.74, 6) is 3.48. The average molecular weight is 509 g/mol. The summed E-state index contributed by atoms with van der Waals surface area (Å²) < 4.78 is 6.93. The number of allylic oxidation sites excluding steroid dienone is 1. The normalized spacial score (nSPS) is 41.8. The Morgan fingerprint density at radius 2 is 1.63 bits per heavy atom. The van der Waals surface area contributed by atoms with Crippen LogP contribution in [0, 0.1) is 40.4 Å². The molecule has 6 fully saturated rings. The molecule has 0 radical (unpaired) electrons. The highest BCUT2D eigenvalue weighted by Crippen LogP contribution is 2.72. The van der Waals surface area contributed by atoms with E-state index in [9.17, 15) is 4.79 Å². The second-order valence-corrected chi connectivity index (χ2v) is 14.2. The van der Waals surface area contributed by atoms with Gasteiger partial charge >= 0.3 is 0 Å². The number of carbonyl (C=O) groups excluding carboxylic acids is 1. The van der Waals surface area contributed by atoms with E-state index in [1.165, 1.54) is 55.2 Å². The highest BCUT2D eigenvalue weighted by Gasteiger charge is 2.74. The van der Waals surface area contributed by atoms with E-state index in [4.69, 9.17) is 4.74 Å². The van der Waals surface area contributed by atoms with Crippen LogP contribution in [0.15, 0.2) is 66.7 Å². The van der Waals surface area contributed by atoms with Crippen molar-refractivity contribution in [2.24, 2.45) is 40.4 Å². The van der Waals surface area contributed by atoms with Crippen molar-refractivity contribution in [1.29, 1.82) is 0 Å². The number of ketones is 1. The van der Waals surface area contributed by atoms with Gasteiger partial charge in [0.2, 0.25) is 0 Å². The molecule has 4 aliphatic carbocycles. The first kappa shape index (κ1) is 24.8. The average Bonchev–Trinajstić information content (AvgIpc) is 3.27. The Morgan fingerprint density at radius 1 is 0.947 bits per heavy atom. The van der Waals surface area contributed by atoms with Gasteiger partial charge < -0.3 is 4.74 Å². The Labute approximate surface area is 229 Å². The highest BCUT2D eigenvalue weighted by atomic mass is 16.5. The summed E-state index contributed by atoms with van der Waals surface area (Å²) in [7, 11) is 0. The minimum atomic E-state index is -0.479. The molecule has 6 aliphatic rings. The summed E-state index contributed by atoms with van der Waals surface area (Å²) in [6.07, 6.45) is 13.2. The lowest BCUT2D eigenvalue weighted by Crippen LogP contribution is -2.74. The predicted octanol–water partition coefficient (Wildman–Crippen LogP) is 8.50. The molecule has 0 amide bonds. The quantitative estimate of drug-likeness (QED) is 0.405. The molecule has 8 rings (SSSR count). The number of fused-ring (bicyclic) bond motifs is 3. The second-order valence-electron chi connectivity index (χ2n) is 14.2. The van der Waals surface area contributed by atoms with Gasteiger partial charge in [0.1, 0.15) is 5.60 Å². The van der Waals surface area contributed by atoms with E-state index in [1.54, 1.807) is 0 Å². The number of benzene rings is 2. The van der Waals surface area contributed by atoms with Crippen LogP contribution in [-0.2, 0) is 9.53 Å². The molecule has 200 valence electrons. The minimum absolute atomic E-state index is 0.0653. The molecule has 9 atom stereocenters. The van der Waals surface area contributed by atoms with Crippen molar-refractivity contribution < 1.29 is 9.53 Å². The summed E-state index contributed by atoms with van der Waals surface area (Å²) in [5, 5.41) is 0. The molecular formula is C36H44O2. The zero-order valence-electron chi connectivity index (χ0n) is 23.5. The Balaban J connectivity index is 1.15. The molecular weight excluding hydrogens is 464 g/mol. The zero-order valence-corrected chi connectivity index (χ0v) is 23.5. The van der Waals surface area contributed by atoms with E-state index in [1.807, 2.05) is 0 Å². The van der Waals surface area contributed by atoms with Crippen molar-refractivity contribution in [3.8, 4) is 0 Å². The fourth-order valence-electron chi connectivity index (χ4n) is 10.3. The summed E-state index contributed by atoms with van der Waals surface area (Å²) >= 11 is 0. The number of hydrogen-bond donors (Lipinski definition) is 0.